The number of aryl methyl sites for hydroxylation is 1. The van der Waals surface area contributed by atoms with Gasteiger partial charge in [0.15, 0.2) is 0 Å². The van der Waals surface area contributed by atoms with E-state index >= 15 is 0 Å². The Kier molecular flexibility index (Phi) is 2.66. The average Bonchev–Trinajstić information content (AvgIpc) is 2.03. The molecule has 0 radical (unpaired) electrons. The van der Waals surface area contributed by atoms with Crippen molar-refractivity contribution in [2.24, 2.45) is 0 Å². The number of carboxylic acid groups (broad SMARTS) is 1. The van der Waals surface area contributed by atoms with E-state index in [0.717, 1.165) is 11.3 Å². The number of pyridine rings is 1. The lowest BCUT2D eigenvalue weighted by Gasteiger charge is -2.06. The van der Waals surface area contributed by atoms with Crippen LogP contribution < -0.4 is 0 Å². The Morgan fingerprint density at radius 2 is 2.15 bits per heavy atom. The van der Waals surface area contributed by atoms with E-state index in [1.165, 1.54) is 6.20 Å². The number of hydrogen-bond acceptors (Lipinski definition) is 2. The van der Waals surface area contributed by atoms with Crippen molar-refractivity contribution in [3.05, 3.63) is 29.1 Å². The highest BCUT2D eigenvalue weighted by Crippen LogP contribution is 2.15. The van der Waals surface area contributed by atoms with E-state index in [2.05, 4.69) is 4.98 Å². The van der Waals surface area contributed by atoms with Gasteiger partial charge in [-0.05, 0) is 24.5 Å². The summed E-state index contributed by atoms with van der Waals surface area (Å²) in [5.74, 6) is -0.582. The molecule has 0 aliphatic heterocycles. The fourth-order valence-corrected chi connectivity index (χ4v) is 1.12. The largest absolute Gasteiger partial charge is 0.478 e. The van der Waals surface area contributed by atoms with Crippen molar-refractivity contribution in [1.82, 2.24) is 4.98 Å². The van der Waals surface area contributed by atoms with E-state index in [-0.39, 0.29) is 5.56 Å². The molecular formula is C10H13NO2. The Labute approximate surface area is 77.4 Å². The predicted octanol–water partition coefficient (Wildman–Crippen LogP) is 2.21. The zero-order chi connectivity index (χ0) is 10.0. The van der Waals surface area contributed by atoms with Crippen molar-refractivity contribution in [2.45, 2.75) is 26.7 Å². The fourth-order valence-electron chi connectivity index (χ4n) is 1.12. The number of hydrogen-bond donors (Lipinski definition) is 1. The molecule has 0 bridgehead atoms. The third kappa shape index (κ3) is 2.05. The second kappa shape index (κ2) is 3.56. The molecule has 1 N–H and O–H groups in total. The smallest absolute Gasteiger partial charge is 0.337 e. The van der Waals surface area contributed by atoms with E-state index in [9.17, 15) is 4.79 Å². The zero-order valence-electron chi connectivity index (χ0n) is 8.03. The molecule has 0 aliphatic carbocycles. The summed E-state index contributed by atoms with van der Waals surface area (Å²) in [6.07, 6.45) is 1.42. The summed E-state index contributed by atoms with van der Waals surface area (Å²) in [6, 6.07) is 1.83. The second-order valence-corrected chi connectivity index (χ2v) is 3.38. The molecule has 0 fully saturated rings. The van der Waals surface area contributed by atoms with E-state index in [4.69, 9.17) is 5.11 Å². The van der Waals surface area contributed by atoms with Crippen LogP contribution in [0.3, 0.4) is 0 Å². The summed E-state index contributed by atoms with van der Waals surface area (Å²) < 4.78 is 0. The molecule has 1 rings (SSSR count). The molecule has 0 aliphatic rings. The van der Waals surface area contributed by atoms with Gasteiger partial charge in [0.2, 0.25) is 0 Å². The number of nitrogens with zero attached hydrogens (tertiary/aromatic N) is 1. The van der Waals surface area contributed by atoms with Crippen LogP contribution in [-0.2, 0) is 0 Å². The maximum absolute atomic E-state index is 10.7. The first-order valence-electron chi connectivity index (χ1n) is 4.22. The fraction of sp³-hybridized carbons (Fsp3) is 0.400. The van der Waals surface area contributed by atoms with Gasteiger partial charge in [0.1, 0.15) is 0 Å². The Morgan fingerprint density at radius 1 is 1.54 bits per heavy atom. The standard InChI is InChI=1S/C10H13NO2/c1-6(2)9-4-7(3)8(5-11-9)10(12)13/h4-6H,1-3H3,(H,12,13). The second-order valence-electron chi connectivity index (χ2n) is 3.38. The normalized spacial score (nSPS) is 10.5. The SMILES string of the molecule is Cc1cc(C(C)C)ncc1C(=O)O. The van der Waals surface area contributed by atoms with Crippen molar-refractivity contribution in [2.75, 3.05) is 0 Å². The van der Waals surface area contributed by atoms with Gasteiger partial charge >= 0.3 is 5.97 Å². The molecule has 0 amide bonds. The Morgan fingerprint density at radius 3 is 2.54 bits per heavy atom. The summed E-state index contributed by atoms with van der Waals surface area (Å²) >= 11 is 0. The molecule has 3 heteroatoms. The molecule has 1 aromatic rings. The van der Waals surface area contributed by atoms with Crippen LogP contribution in [0.25, 0.3) is 0 Å². The van der Waals surface area contributed by atoms with Gasteiger partial charge < -0.3 is 5.11 Å². The molecule has 0 atom stereocenters. The van der Waals surface area contributed by atoms with Crippen LogP contribution in [-0.4, -0.2) is 16.1 Å². The lowest BCUT2D eigenvalue weighted by molar-refractivity contribution is 0.0695. The zero-order valence-corrected chi connectivity index (χ0v) is 8.03. The quantitative estimate of drug-likeness (QED) is 0.757. The van der Waals surface area contributed by atoms with Crippen molar-refractivity contribution < 1.29 is 9.90 Å². The minimum Gasteiger partial charge on any atom is -0.478 e. The molecule has 0 saturated heterocycles. The average molecular weight is 179 g/mol. The van der Waals surface area contributed by atoms with Crippen LogP contribution in [0.4, 0.5) is 0 Å². The minimum absolute atomic E-state index is 0.282. The number of aromatic carboxylic acids is 1. The summed E-state index contributed by atoms with van der Waals surface area (Å²) in [6.45, 7) is 5.85. The molecule has 70 valence electrons. The number of rotatable bonds is 2. The van der Waals surface area contributed by atoms with Gasteiger partial charge in [-0.25, -0.2) is 4.79 Å². The van der Waals surface area contributed by atoms with Gasteiger partial charge in [-0.15, -0.1) is 0 Å². The van der Waals surface area contributed by atoms with Gasteiger partial charge in [-0.1, -0.05) is 13.8 Å². The predicted molar refractivity (Wildman–Crippen MR) is 50.0 cm³/mol. The lowest BCUT2D eigenvalue weighted by Crippen LogP contribution is -2.03. The van der Waals surface area contributed by atoms with E-state index in [1.54, 1.807) is 6.92 Å². The molecule has 0 unspecified atom stereocenters. The highest BCUT2D eigenvalue weighted by Gasteiger charge is 2.09. The molecular weight excluding hydrogens is 166 g/mol. The summed E-state index contributed by atoms with van der Waals surface area (Å²) in [5, 5.41) is 8.76. The molecule has 1 aromatic heterocycles. The minimum atomic E-state index is -0.916. The van der Waals surface area contributed by atoms with Crippen LogP contribution in [0.5, 0.6) is 0 Å². The van der Waals surface area contributed by atoms with Crippen LogP contribution >= 0.6 is 0 Å². The highest BCUT2D eigenvalue weighted by atomic mass is 16.4. The topological polar surface area (TPSA) is 50.2 Å². The number of carbonyl (C=O) groups is 1. The first-order valence-corrected chi connectivity index (χ1v) is 4.22. The number of aromatic nitrogens is 1. The van der Waals surface area contributed by atoms with Gasteiger partial charge in [-0.2, -0.15) is 0 Å². The molecule has 13 heavy (non-hydrogen) atoms. The summed E-state index contributed by atoms with van der Waals surface area (Å²) in [7, 11) is 0. The van der Waals surface area contributed by atoms with Crippen molar-refractivity contribution in [3.63, 3.8) is 0 Å². The van der Waals surface area contributed by atoms with Crippen LogP contribution in [0.15, 0.2) is 12.3 Å². The van der Waals surface area contributed by atoms with E-state index in [1.807, 2.05) is 19.9 Å². The molecule has 0 aromatic carbocycles. The monoisotopic (exact) mass is 179 g/mol. The maximum Gasteiger partial charge on any atom is 0.337 e. The van der Waals surface area contributed by atoms with Crippen molar-refractivity contribution in [1.29, 1.82) is 0 Å². The van der Waals surface area contributed by atoms with Gasteiger partial charge in [0.05, 0.1) is 5.56 Å². The van der Waals surface area contributed by atoms with Gasteiger partial charge in [0, 0.05) is 11.9 Å². The maximum atomic E-state index is 10.7. The van der Waals surface area contributed by atoms with E-state index < -0.39 is 5.97 Å². The third-order valence-corrected chi connectivity index (χ3v) is 1.95. The van der Waals surface area contributed by atoms with Crippen molar-refractivity contribution in [3.8, 4) is 0 Å². The Hall–Kier alpha value is -1.38. The number of carboxylic acids is 1. The Bertz CT molecular complexity index is 332. The first kappa shape index (κ1) is 9.71. The summed E-state index contributed by atoms with van der Waals surface area (Å²) in [5.41, 5.74) is 1.98. The third-order valence-electron chi connectivity index (χ3n) is 1.95. The lowest BCUT2D eigenvalue weighted by atomic mass is 10.1. The van der Waals surface area contributed by atoms with Gasteiger partial charge in [0.25, 0.3) is 0 Å². The van der Waals surface area contributed by atoms with Gasteiger partial charge in [-0.3, -0.25) is 4.98 Å². The first-order chi connectivity index (χ1) is 6.02. The van der Waals surface area contributed by atoms with Crippen LogP contribution in [0.1, 0.15) is 41.4 Å². The highest BCUT2D eigenvalue weighted by molar-refractivity contribution is 5.88. The van der Waals surface area contributed by atoms with E-state index in [0.29, 0.717) is 5.92 Å². The molecule has 0 saturated carbocycles. The molecule has 3 nitrogen and oxygen atoms in total. The summed E-state index contributed by atoms with van der Waals surface area (Å²) in [4.78, 5) is 14.7. The van der Waals surface area contributed by atoms with Crippen molar-refractivity contribution >= 4 is 5.97 Å². The Balaban J connectivity index is 3.13. The molecule has 1 heterocycles. The van der Waals surface area contributed by atoms with Crippen LogP contribution in [0, 0.1) is 6.92 Å². The van der Waals surface area contributed by atoms with Crippen LogP contribution in [0.2, 0.25) is 0 Å². The molecule has 0 spiro atoms.